The first-order valence-electron chi connectivity index (χ1n) is 8.19. The Morgan fingerprint density at radius 3 is 2.91 bits per heavy atom. The van der Waals surface area contributed by atoms with Crippen molar-refractivity contribution in [3.05, 3.63) is 41.5 Å². The van der Waals surface area contributed by atoms with Gasteiger partial charge in [-0.3, -0.25) is 4.79 Å². The summed E-state index contributed by atoms with van der Waals surface area (Å²) in [4.78, 5) is 12.4. The second kappa shape index (κ2) is 4.45. The van der Waals surface area contributed by atoms with Crippen LogP contribution in [0, 0.1) is 11.3 Å². The fraction of sp³-hybridized carbons (Fsp3) is 0.526. The van der Waals surface area contributed by atoms with E-state index in [1.165, 1.54) is 11.1 Å². The Balaban J connectivity index is 1.77. The van der Waals surface area contributed by atoms with Crippen LogP contribution in [0.5, 0.6) is 5.75 Å². The number of allylic oxidation sites excluding steroid dienone is 1. The average Bonchev–Trinajstić information content (AvgIpc) is 2.78. The molecule has 0 saturated heterocycles. The van der Waals surface area contributed by atoms with Gasteiger partial charge in [-0.1, -0.05) is 19.1 Å². The molecule has 0 aromatic heterocycles. The first kappa shape index (κ1) is 14.0. The number of carbonyl (C=O) groups is 1. The molecule has 1 saturated carbocycles. The Morgan fingerprint density at radius 1 is 1.32 bits per heavy atom. The normalized spacial score (nSPS) is 39.1. The number of benzene rings is 1. The van der Waals surface area contributed by atoms with Crippen LogP contribution in [-0.2, 0) is 11.2 Å². The zero-order valence-electron chi connectivity index (χ0n) is 13.3. The summed E-state index contributed by atoms with van der Waals surface area (Å²) in [6.45, 7) is 2.06. The van der Waals surface area contributed by atoms with Crippen LogP contribution in [0.4, 0.5) is 0 Å². The minimum Gasteiger partial charge on any atom is -0.497 e. The third-order valence-electron chi connectivity index (χ3n) is 6.54. The smallest absolute Gasteiger partial charge is 0.163 e. The van der Waals surface area contributed by atoms with Crippen molar-refractivity contribution < 1.29 is 9.53 Å². The molecule has 3 aliphatic rings. The van der Waals surface area contributed by atoms with Gasteiger partial charge >= 0.3 is 0 Å². The lowest BCUT2D eigenvalue weighted by Crippen LogP contribution is -2.62. The molecular weight excluding hydrogens is 274 g/mol. The molecule has 1 fully saturated rings. The second-order valence-electron chi connectivity index (χ2n) is 7.32. The SMILES string of the molecule is COc1ccc2c(c1)CCC1[C@@H]2CCC2(C)C(=O)C=C[C@@]12N. The van der Waals surface area contributed by atoms with E-state index in [1.54, 1.807) is 13.2 Å². The molecule has 22 heavy (non-hydrogen) atoms. The highest BCUT2D eigenvalue weighted by molar-refractivity contribution is 5.99. The summed E-state index contributed by atoms with van der Waals surface area (Å²) < 4.78 is 5.36. The number of methoxy groups -OCH3 is 1. The number of ketones is 1. The van der Waals surface area contributed by atoms with E-state index in [1.807, 2.05) is 12.1 Å². The molecule has 116 valence electrons. The van der Waals surface area contributed by atoms with E-state index < -0.39 is 11.0 Å². The molecule has 2 N–H and O–H groups in total. The Kier molecular flexibility index (Phi) is 2.83. The number of hydrogen-bond donors (Lipinski definition) is 1. The quantitative estimate of drug-likeness (QED) is 0.867. The molecule has 0 heterocycles. The van der Waals surface area contributed by atoms with Crippen LogP contribution in [0.2, 0.25) is 0 Å². The first-order chi connectivity index (χ1) is 10.5. The summed E-state index contributed by atoms with van der Waals surface area (Å²) in [5, 5.41) is 0. The molecule has 1 aromatic rings. The number of ether oxygens (including phenoxy) is 1. The van der Waals surface area contributed by atoms with E-state index in [0.717, 1.165) is 31.4 Å². The van der Waals surface area contributed by atoms with E-state index in [9.17, 15) is 4.79 Å². The van der Waals surface area contributed by atoms with Crippen molar-refractivity contribution in [1.29, 1.82) is 0 Å². The monoisotopic (exact) mass is 297 g/mol. The van der Waals surface area contributed by atoms with Gasteiger partial charge in [-0.15, -0.1) is 0 Å². The zero-order valence-corrected chi connectivity index (χ0v) is 13.3. The Hall–Kier alpha value is -1.61. The molecular formula is C19H23NO2. The Labute approximate surface area is 131 Å². The average molecular weight is 297 g/mol. The van der Waals surface area contributed by atoms with Gasteiger partial charge in [-0.05, 0) is 66.9 Å². The second-order valence-corrected chi connectivity index (χ2v) is 7.32. The number of nitrogens with two attached hydrogens (primary N) is 1. The maximum atomic E-state index is 12.4. The fourth-order valence-electron chi connectivity index (χ4n) is 5.06. The van der Waals surface area contributed by atoms with E-state index in [2.05, 4.69) is 19.1 Å². The third kappa shape index (κ3) is 1.58. The summed E-state index contributed by atoms with van der Waals surface area (Å²) in [6, 6.07) is 6.42. The molecule has 3 heteroatoms. The van der Waals surface area contributed by atoms with Gasteiger partial charge in [0.2, 0.25) is 0 Å². The van der Waals surface area contributed by atoms with E-state index >= 15 is 0 Å². The molecule has 4 rings (SSSR count). The van der Waals surface area contributed by atoms with Crippen LogP contribution < -0.4 is 10.5 Å². The number of rotatable bonds is 1. The van der Waals surface area contributed by atoms with Crippen molar-refractivity contribution in [3.8, 4) is 5.75 Å². The zero-order chi connectivity index (χ0) is 15.5. The van der Waals surface area contributed by atoms with Crippen LogP contribution in [0.3, 0.4) is 0 Å². The third-order valence-corrected chi connectivity index (χ3v) is 6.54. The predicted molar refractivity (Wildman–Crippen MR) is 86.0 cm³/mol. The van der Waals surface area contributed by atoms with Crippen molar-refractivity contribution >= 4 is 5.78 Å². The van der Waals surface area contributed by atoms with Crippen molar-refractivity contribution in [2.45, 2.75) is 44.1 Å². The van der Waals surface area contributed by atoms with Crippen LogP contribution in [0.15, 0.2) is 30.4 Å². The maximum absolute atomic E-state index is 12.4. The lowest BCUT2D eigenvalue weighted by Gasteiger charge is -2.54. The summed E-state index contributed by atoms with van der Waals surface area (Å²) in [5.74, 6) is 1.96. The molecule has 0 bridgehead atoms. The van der Waals surface area contributed by atoms with Gasteiger partial charge in [0, 0.05) is 0 Å². The topological polar surface area (TPSA) is 52.3 Å². The van der Waals surface area contributed by atoms with Gasteiger partial charge < -0.3 is 10.5 Å². The molecule has 0 spiro atoms. The van der Waals surface area contributed by atoms with E-state index in [0.29, 0.717) is 11.8 Å². The minimum absolute atomic E-state index is 0.217. The summed E-state index contributed by atoms with van der Waals surface area (Å²) in [6.07, 6.45) is 7.72. The standard InChI is InChI=1S/C19H23NO2/c1-18-9-7-15-14-5-4-13(22-2)11-12(14)3-6-16(15)19(18,20)10-8-17(18)21/h4-5,8,10-11,15-16H,3,6-7,9,20H2,1-2H3/t15-,16?,18?,19-/m1/s1. The van der Waals surface area contributed by atoms with Crippen LogP contribution in [0.25, 0.3) is 0 Å². The Bertz CT molecular complexity index is 680. The molecule has 1 aromatic carbocycles. The highest BCUT2D eigenvalue weighted by atomic mass is 16.5. The molecule has 3 nitrogen and oxygen atoms in total. The highest BCUT2D eigenvalue weighted by Gasteiger charge is 2.60. The summed E-state index contributed by atoms with van der Waals surface area (Å²) >= 11 is 0. The van der Waals surface area contributed by atoms with Gasteiger partial charge in [-0.25, -0.2) is 0 Å². The number of hydrogen-bond acceptors (Lipinski definition) is 3. The highest BCUT2D eigenvalue weighted by Crippen LogP contribution is 2.58. The van der Waals surface area contributed by atoms with E-state index in [4.69, 9.17) is 10.5 Å². The molecule has 0 aliphatic heterocycles. The first-order valence-corrected chi connectivity index (χ1v) is 8.19. The van der Waals surface area contributed by atoms with Crippen molar-refractivity contribution in [3.63, 3.8) is 0 Å². The summed E-state index contributed by atoms with van der Waals surface area (Å²) in [7, 11) is 1.71. The minimum atomic E-state index is -0.482. The largest absolute Gasteiger partial charge is 0.497 e. The molecule has 2 unspecified atom stereocenters. The van der Waals surface area contributed by atoms with Gasteiger partial charge in [0.25, 0.3) is 0 Å². The molecule has 4 atom stereocenters. The van der Waals surface area contributed by atoms with Crippen LogP contribution >= 0.6 is 0 Å². The fourth-order valence-corrected chi connectivity index (χ4v) is 5.06. The van der Waals surface area contributed by atoms with E-state index in [-0.39, 0.29) is 5.78 Å². The lowest BCUT2D eigenvalue weighted by molar-refractivity contribution is -0.128. The van der Waals surface area contributed by atoms with Crippen molar-refractivity contribution in [1.82, 2.24) is 0 Å². The maximum Gasteiger partial charge on any atom is 0.163 e. The molecule has 0 radical (unpaired) electrons. The van der Waals surface area contributed by atoms with Crippen molar-refractivity contribution in [2.75, 3.05) is 7.11 Å². The number of fused-ring (bicyclic) bond motifs is 5. The van der Waals surface area contributed by atoms with Gasteiger partial charge in [0.15, 0.2) is 5.78 Å². The van der Waals surface area contributed by atoms with Gasteiger partial charge in [-0.2, -0.15) is 0 Å². The van der Waals surface area contributed by atoms with Crippen molar-refractivity contribution in [2.24, 2.45) is 17.1 Å². The molecule has 0 amide bonds. The number of carbonyl (C=O) groups excluding carboxylic acids is 1. The van der Waals surface area contributed by atoms with Gasteiger partial charge in [0.05, 0.1) is 18.1 Å². The predicted octanol–water partition coefficient (Wildman–Crippen LogP) is 2.98. The number of aryl methyl sites for hydroxylation is 1. The van der Waals surface area contributed by atoms with Gasteiger partial charge in [0.1, 0.15) is 5.75 Å². The molecule has 3 aliphatic carbocycles. The van der Waals surface area contributed by atoms with Crippen LogP contribution in [0.1, 0.15) is 43.2 Å². The summed E-state index contributed by atoms with van der Waals surface area (Å²) in [5.41, 5.74) is 8.74. The lowest BCUT2D eigenvalue weighted by atomic mass is 9.52. The van der Waals surface area contributed by atoms with Crippen LogP contribution in [-0.4, -0.2) is 18.4 Å². The Morgan fingerprint density at radius 2 is 2.14 bits per heavy atom.